The summed E-state index contributed by atoms with van der Waals surface area (Å²) in [6, 6.07) is 65.7. The number of benzene rings is 8. The van der Waals surface area contributed by atoms with Crippen molar-refractivity contribution in [2.24, 2.45) is 0 Å². The molecule has 4 heteroatoms. The van der Waals surface area contributed by atoms with E-state index in [4.69, 9.17) is 0 Å². The SMILES string of the molecule is C1=C(N(c2ccccc2)c2ccc3c4ccccc4n(-c4ccc(N5c6ccccc6Sc6ccccc65)cc4)c3c2)C=c2ccc3ccccc3c2=1. The fourth-order valence-corrected chi connectivity index (χ4v) is 9.15. The van der Waals surface area contributed by atoms with Gasteiger partial charge in [0.1, 0.15) is 0 Å². The van der Waals surface area contributed by atoms with E-state index in [0.717, 1.165) is 39.2 Å². The molecule has 0 atom stereocenters. The van der Waals surface area contributed by atoms with Crippen LogP contribution in [0.4, 0.5) is 28.4 Å². The smallest absolute Gasteiger partial charge is 0.0903 e. The first-order chi connectivity index (χ1) is 26.3. The molecule has 53 heavy (non-hydrogen) atoms. The molecule has 0 radical (unpaired) electrons. The summed E-state index contributed by atoms with van der Waals surface area (Å²) in [5.41, 5.74) is 14.0. The number of aromatic nitrogens is 1. The lowest BCUT2D eigenvalue weighted by Crippen LogP contribution is -2.21. The minimum absolute atomic E-state index is 1.02. The molecule has 0 saturated heterocycles. The molecule has 0 N–H and O–H groups in total. The van der Waals surface area contributed by atoms with Crippen molar-refractivity contribution < 1.29 is 0 Å². The number of hydrogen-bond acceptors (Lipinski definition) is 3. The number of para-hydroxylation sites is 4. The van der Waals surface area contributed by atoms with Gasteiger partial charge in [-0.2, -0.15) is 0 Å². The first-order valence-corrected chi connectivity index (χ1v) is 18.8. The Balaban J connectivity index is 1.09. The maximum atomic E-state index is 3.82. The van der Waals surface area contributed by atoms with E-state index in [9.17, 15) is 0 Å². The molecule has 2 heterocycles. The average molecular weight is 694 g/mol. The van der Waals surface area contributed by atoms with E-state index in [0.29, 0.717) is 0 Å². The Bertz CT molecular complexity index is 3040. The summed E-state index contributed by atoms with van der Waals surface area (Å²) in [4.78, 5) is 7.24. The van der Waals surface area contributed by atoms with Crippen molar-refractivity contribution in [3.8, 4) is 5.69 Å². The summed E-state index contributed by atoms with van der Waals surface area (Å²) >= 11 is 1.83. The Morgan fingerprint density at radius 3 is 1.91 bits per heavy atom. The lowest BCUT2D eigenvalue weighted by Gasteiger charge is -2.32. The first-order valence-electron chi connectivity index (χ1n) is 17.9. The molecule has 0 spiro atoms. The molecule has 0 saturated carbocycles. The van der Waals surface area contributed by atoms with Crippen LogP contribution in [0, 0.1) is 0 Å². The molecule has 1 aromatic heterocycles. The molecular formula is C49H31N3S. The number of allylic oxidation sites excluding steroid dienone is 1. The zero-order valence-corrected chi connectivity index (χ0v) is 29.5. The number of anilines is 5. The lowest BCUT2D eigenvalue weighted by atomic mass is 10.1. The summed E-state index contributed by atoms with van der Waals surface area (Å²) in [5, 5.41) is 7.24. The van der Waals surface area contributed by atoms with Crippen LogP contribution in [0.25, 0.3) is 50.1 Å². The maximum absolute atomic E-state index is 3.82. The molecule has 8 aromatic carbocycles. The van der Waals surface area contributed by atoms with Gasteiger partial charge in [-0.3, -0.25) is 0 Å². The fraction of sp³-hybridized carbons (Fsp3) is 0. The van der Waals surface area contributed by atoms with Crippen molar-refractivity contribution in [1.29, 1.82) is 0 Å². The number of nitrogens with zero attached hydrogens (tertiary/aromatic N) is 3. The maximum Gasteiger partial charge on any atom is 0.0903 e. The summed E-state index contributed by atoms with van der Waals surface area (Å²) < 4.78 is 2.41. The van der Waals surface area contributed by atoms with Gasteiger partial charge in [-0.1, -0.05) is 121 Å². The molecule has 0 amide bonds. The van der Waals surface area contributed by atoms with Crippen molar-refractivity contribution >= 4 is 84.6 Å². The Morgan fingerprint density at radius 1 is 0.472 bits per heavy atom. The van der Waals surface area contributed by atoms with Crippen LogP contribution in [0.15, 0.2) is 197 Å². The average Bonchev–Trinajstić information content (AvgIpc) is 3.80. The largest absolute Gasteiger partial charge is 0.309 e. The van der Waals surface area contributed by atoms with Crippen molar-refractivity contribution in [1.82, 2.24) is 4.57 Å². The molecule has 0 unspecified atom stereocenters. The molecule has 11 rings (SSSR count). The highest BCUT2D eigenvalue weighted by Gasteiger charge is 2.25. The van der Waals surface area contributed by atoms with Crippen molar-refractivity contribution in [2.45, 2.75) is 9.79 Å². The standard InChI is InChI=1S/C49H31N3S/c1-2-13-35(14-3-1)50(39-30-34-23-22-33-12-4-5-15-40(33)43(34)31-39)38-28-29-42-41-16-6-7-17-44(41)51(47(42)32-38)36-24-26-37(27-25-36)52-45-18-8-10-20-48(45)53-49-21-11-9-19-46(49)52/h1-30,32H. The molecule has 1 aliphatic heterocycles. The third-order valence-corrected chi connectivity index (χ3v) is 11.6. The van der Waals surface area contributed by atoms with Crippen LogP contribution in [0.1, 0.15) is 0 Å². The number of rotatable bonds is 5. The van der Waals surface area contributed by atoms with E-state index in [2.05, 4.69) is 208 Å². The molecule has 3 nitrogen and oxygen atoms in total. The van der Waals surface area contributed by atoms with Gasteiger partial charge in [0.15, 0.2) is 0 Å². The first kappa shape index (κ1) is 30.0. The van der Waals surface area contributed by atoms with E-state index in [-0.39, 0.29) is 0 Å². The zero-order valence-electron chi connectivity index (χ0n) is 28.6. The highest BCUT2D eigenvalue weighted by Crippen LogP contribution is 2.51. The van der Waals surface area contributed by atoms with Crippen LogP contribution in [0.2, 0.25) is 0 Å². The minimum atomic E-state index is 1.02. The van der Waals surface area contributed by atoms with E-state index >= 15 is 0 Å². The molecule has 9 aromatic rings. The van der Waals surface area contributed by atoms with E-state index in [1.54, 1.807) is 0 Å². The molecule has 248 valence electrons. The minimum Gasteiger partial charge on any atom is -0.309 e. The van der Waals surface area contributed by atoms with Gasteiger partial charge in [-0.05, 0) is 101 Å². The van der Waals surface area contributed by atoms with Crippen LogP contribution in [0.3, 0.4) is 0 Å². The second kappa shape index (κ2) is 11.9. The normalized spacial score (nSPS) is 12.9. The van der Waals surface area contributed by atoms with Crippen LogP contribution < -0.4 is 20.2 Å². The third-order valence-electron chi connectivity index (χ3n) is 10.5. The fourth-order valence-electron chi connectivity index (χ4n) is 8.09. The van der Waals surface area contributed by atoms with Gasteiger partial charge < -0.3 is 14.4 Å². The predicted molar refractivity (Wildman–Crippen MR) is 223 cm³/mol. The van der Waals surface area contributed by atoms with Crippen LogP contribution in [-0.2, 0) is 0 Å². The van der Waals surface area contributed by atoms with Crippen molar-refractivity contribution in [2.75, 3.05) is 9.80 Å². The topological polar surface area (TPSA) is 11.4 Å². The molecule has 1 aliphatic carbocycles. The van der Waals surface area contributed by atoms with Crippen LogP contribution in [-0.4, -0.2) is 4.57 Å². The molecular weight excluding hydrogens is 663 g/mol. The highest BCUT2D eigenvalue weighted by atomic mass is 32.2. The molecule has 0 bridgehead atoms. The Kier molecular flexibility index (Phi) is 6.75. The highest BCUT2D eigenvalue weighted by molar-refractivity contribution is 7.99. The summed E-state index contributed by atoms with van der Waals surface area (Å²) in [6.07, 6.45) is 2.27. The Hall–Kier alpha value is -6.71. The second-order valence-corrected chi connectivity index (χ2v) is 14.6. The third kappa shape index (κ3) is 4.78. The summed E-state index contributed by atoms with van der Waals surface area (Å²) in [6.45, 7) is 0. The molecule has 2 aliphatic rings. The summed E-state index contributed by atoms with van der Waals surface area (Å²) in [5.74, 6) is 0. The van der Waals surface area contributed by atoms with Gasteiger partial charge in [0.05, 0.1) is 28.1 Å². The number of hydrogen-bond donors (Lipinski definition) is 0. The van der Waals surface area contributed by atoms with E-state index in [1.165, 1.54) is 53.4 Å². The van der Waals surface area contributed by atoms with Gasteiger partial charge in [-0.15, -0.1) is 0 Å². The van der Waals surface area contributed by atoms with Gasteiger partial charge >= 0.3 is 0 Å². The summed E-state index contributed by atoms with van der Waals surface area (Å²) in [7, 11) is 0. The van der Waals surface area contributed by atoms with Crippen LogP contribution in [0.5, 0.6) is 0 Å². The van der Waals surface area contributed by atoms with Gasteiger partial charge in [-0.25, -0.2) is 0 Å². The van der Waals surface area contributed by atoms with Crippen molar-refractivity contribution in [3.05, 3.63) is 198 Å². The van der Waals surface area contributed by atoms with Gasteiger partial charge in [0.2, 0.25) is 0 Å². The zero-order chi connectivity index (χ0) is 34.9. The van der Waals surface area contributed by atoms with E-state index < -0.39 is 0 Å². The Labute approximate surface area is 311 Å². The quantitative estimate of drug-likeness (QED) is 0.178. The molecule has 0 fully saturated rings. The van der Waals surface area contributed by atoms with Gasteiger partial charge in [0, 0.05) is 48.5 Å². The number of fused-ring (bicyclic) bond motifs is 8. The monoisotopic (exact) mass is 693 g/mol. The van der Waals surface area contributed by atoms with Crippen molar-refractivity contribution in [3.63, 3.8) is 0 Å². The Morgan fingerprint density at radius 2 is 1.11 bits per heavy atom. The van der Waals surface area contributed by atoms with Gasteiger partial charge in [0.25, 0.3) is 0 Å². The van der Waals surface area contributed by atoms with Crippen LogP contribution >= 0.6 is 11.8 Å². The second-order valence-electron chi connectivity index (χ2n) is 13.5. The van der Waals surface area contributed by atoms with E-state index in [1.807, 2.05) is 11.8 Å². The lowest BCUT2D eigenvalue weighted by molar-refractivity contribution is 1.15. The predicted octanol–water partition coefficient (Wildman–Crippen LogP) is 11.8.